The Balaban J connectivity index is 1.55. The van der Waals surface area contributed by atoms with Gasteiger partial charge in [0.05, 0.1) is 11.8 Å². The van der Waals surface area contributed by atoms with Gasteiger partial charge in [-0.25, -0.2) is 9.80 Å². The maximum atomic E-state index is 12.8. The first-order chi connectivity index (χ1) is 14.0. The molecule has 2 aliphatic carbocycles. The van der Waals surface area contributed by atoms with Gasteiger partial charge in [-0.1, -0.05) is 12.2 Å². The highest BCUT2D eigenvalue weighted by Crippen LogP contribution is 2.38. The fraction of sp³-hybridized carbons (Fsp3) is 0.421. The molecule has 0 radical (unpaired) electrons. The van der Waals surface area contributed by atoms with Gasteiger partial charge in [-0.3, -0.25) is 19.2 Å². The summed E-state index contributed by atoms with van der Waals surface area (Å²) in [6.07, 6.45) is 7.80. The summed E-state index contributed by atoms with van der Waals surface area (Å²) in [7, 11) is 0. The first-order valence-corrected chi connectivity index (χ1v) is 9.65. The van der Waals surface area contributed by atoms with E-state index in [1.165, 1.54) is 0 Å². The molecule has 2 N–H and O–H groups in total. The van der Waals surface area contributed by atoms with Crippen LogP contribution < -0.4 is 15.5 Å². The molecule has 2 unspecified atom stereocenters. The molecule has 4 amide bonds. The van der Waals surface area contributed by atoms with Crippen LogP contribution in [0.5, 0.6) is 0 Å². The lowest BCUT2D eigenvalue weighted by molar-refractivity contribution is -0.123. The normalized spacial score (nSPS) is 26.5. The third kappa shape index (κ3) is 2.51. The number of hydrogen-bond acceptors (Lipinski definition) is 8. The number of nitrogens with two attached hydrogens (primary N) is 1. The molecule has 2 aliphatic heterocycles. The van der Waals surface area contributed by atoms with E-state index in [1.807, 2.05) is 0 Å². The molecule has 2 fully saturated rings. The molecule has 29 heavy (non-hydrogen) atoms. The van der Waals surface area contributed by atoms with Gasteiger partial charge in [-0.2, -0.15) is 15.0 Å². The van der Waals surface area contributed by atoms with Crippen molar-refractivity contribution in [3.05, 3.63) is 23.3 Å². The number of anilines is 3. The fourth-order valence-electron chi connectivity index (χ4n) is 4.46. The molecule has 2 saturated heterocycles. The van der Waals surface area contributed by atoms with Crippen LogP contribution in [0.15, 0.2) is 23.3 Å². The quantitative estimate of drug-likeness (QED) is 0.721. The van der Waals surface area contributed by atoms with Gasteiger partial charge in [0.1, 0.15) is 0 Å². The molecule has 0 bridgehead atoms. The lowest BCUT2D eigenvalue weighted by Gasteiger charge is -2.16. The van der Waals surface area contributed by atoms with Gasteiger partial charge in [0.2, 0.25) is 29.7 Å². The average molecular weight is 394 g/mol. The second-order valence-corrected chi connectivity index (χ2v) is 7.54. The summed E-state index contributed by atoms with van der Waals surface area (Å²) < 4.78 is 0. The van der Waals surface area contributed by atoms with Crippen LogP contribution >= 0.6 is 0 Å². The lowest BCUT2D eigenvalue weighted by Crippen LogP contribution is -2.36. The molecule has 1 aromatic rings. The lowest BCUT2D eigenvalue weighted by atomic mass is 9.90. The molecular formula is C19H18N6O4. The van der Waals surface area contributed by atoms with Gasteiger partial charge in [0.15, 0.2) is 0 Å². The molecule has 1 aromatic heterocycles. The number of nitrogen functional groups attached to an aromatic ring is 1. The zero-order valence-electron chi connectivity index (χ0n) is 15.5. The zero-order chi connectivity index (χ0) is 20.3. The molecule has 0 saturated carbocycles. The van der Waals surface area contributed by atoms with Crippen molar-refractivity contribution in [2.75, 3.05) is 15.5 Å². The number of aromatic nitrogens is 3. The van der Waals surface area contributed by atoms with Crippen LogP contribution in [-0.4, -0.2) is 38.6 Å². The van der Waals surface area contributed by atoms with E-state index in [-0.39, 0.29) is 17.8 Å². The van der Waals surface area contributed by atoms with Gasteiger partial charge >= 0.3 is 0 Å². The van der Waals surface area contributed by atoms with E-state index in [4.69, 9.17) is 5.73 Å². The van der Waals surface area contributed by atoms with Crippen molar-refractivity contribution in [2.45, 2.75) is 38.5 Å². The summed E-state index contributed by atoms with van der Waals surface area (Å²) in [4.78, 5) is 64.9. The SMILES string of the molecule is Nc1nc(N2C(=O)C3=CCCCC3C2=O)nc(N2C(=O)C3=CCCCC3C2=O)n1. The Morgan fingerprint density at radius 3 is 1.62 bits per heavy atom. The molecule has 5 rings (SSSR count). The average Bonchev–Trinajstić information content (AvgIpc) is 3.13. The minimum absolute atomic E-state index is 0.262. The number of carbonyl (C=O) groups excluding carboxylic acids is 4. The van der Waals surface area contributed by atoms with Crippen LogP contribution in [-0.2, 0) is 19.2 Å². The van der Waals surface area contributed by atoms with Gasteiger partial charge in [0.25, 0.3) is 11.8 Å². The fourth-order valence-corrected chi connectivity index (χ4v) is 4.46. The number of hydrogen-bond donors (Lipinski definition) is 1. The molecule has 2 atom stereocenters. The predicted molar refractivity (Wildman–Crippen MR) is 100 cm³/mol. The standard InChI is InChI=1S/C19H18N6O4/c20-17-21-18(24-13(26)9-5-1-2-6-10(9)14(24)27)23-19(22-17)25-15(28)11-7-3-4-8-12(11)16(25)29/h5,7,10,12H,1-4,6,8H2,(H2,20,21,22,23). The van der Waals surface area contributed by atoms with Crippen LogP contribution in [0.1, 0.15) is 38.5 Å². The molecule has 10 heteroatoms. The number of allylic oxidation sites excluding steroid dienone is 2. The van der Waals surface area contributed by atoms with Crippen molar-refractivity contribution in [1.29, 1.82) is 0 Å². The van der Waals surface area contributed by atoms with E-state index in [0.717, 1.165) is 35.5 Å². The van der Waals surface area contributed by atoms with Crippen LogP contribution in [0.4, 0.5) is 17.8 Å². The van der Waals surface area contributed by atoms with Gasteiger partial charge in [-0.15, -0.1) is 0 Å². The summed E-state index contributed by atoms with van der Waals surface area (Å²) in [5.74, 6) is -3.66. The smallest absolute Gasteiger partial charge is 0.263 e. The maximum absolute atomic E-state index is 12.8. The highest BCUT2D eigenvalue weighted by molar-refractivity contribution is 6.30. The van der Waals surface area contributed by atoms with Crippen molar-refractivity contribution in [1.82, 2.24) is 15.0 Å². The second kappa shape index (κ2) is 6.29. The number of nitrogens with zero attached hydrogens (tertiary/aromatic N) is 5. The number of fused-ring (bicyclic) bond motifs is 2. The summed E-state index contributed by atoms with van der Waals surface area (Å²) in [6, 6.07) is 0. The Morgan fingerprint density at radius 2 is 1.21 bits per heavy atom. The third-order valence-corrected chi connectivity index (χ3v) is 5.84. The van der Waals surface area contributed by atoms with Crippen molar-refractivity contribution in [2.24, 2.45) is 11.8 Å². The molecular weight excluding hydrogens is 376 g/mol. The van der Waals surface area contributed by atoms with Crippen molar-refractivity contribution < 1.29 is 19.2 Å². The molecule has 0 aromatic carbocycles. The Hall–Kier alpha value is -3.43. The summed E-state index contributed by atoms with van der Waals surface area (Å²) >= 11 is 0. The summed E-state index contributed by atoms with van der Waals surface area (Å²) in [6.45, 7) is 0. The Morgan fingerprint density at radius 1 is 0.759 bits per heavy atom. The number of amides is 4. The van der Waals surface area contributed by atoms with E-state index in [2.05, 4.69) is 15.0 Å². The van der Waals surface area contributed by atoms with Crippen molar-refractivity contribution in [3.8, 4) is 0 Å². The summed E-state index contributed by atoms with van der Waals surface area (Å²) in [5, 5.41) is 0. The zero-order valence-corrected chi connectivity index (χ0v) is 15.5. The molecule has 3 heterocycles. The Bertz CT molecular complexity index is 967. The largest absolute Gasteiger partial charge is 0.368 e. The Labute approximate surface area is 165 Å². The van der Waals surface area contributed by atoms with E-state index in [9.17, 15) is 19.2 Å². The Kier molecular flexibility index (Phi) is 3.83. The minimum Gasteiger partial charge on any atom is -0.368 e. The summed E-state index contributed by atoms with van der Waals surface area (Å²) in [5.41, 5.74) is 6.65. The van der Waals surface area contributed by atoms with E-state index in [0.29, 0.717) is 24.0 Å². The molecule has 4 aliphatic rings. The maximum Gasteiger partial charge on any atom is 0.263 e. The van der Waals surface area contributed by atoms with E-state index < -0.39 is 35.5 Å². The van der Waals surface area contributed by atoms with Gasteiger partial charge in [-0.05, 0) is 38.5 Å². The number of imide groups is 2. The molecule has 148 valence electrons. The minimum atomic E-state index is -0.513. The monoisotopic (exact) mass is 394 g/mol. The van der Waals surface area contributed by atoms with E-state index in [1.54, 1.807) is 12.2 Å². The van der Waals surface area contributed by atoms with Crippen molar-refractivity contribution in [3.63, 3.8) is 0 Å². The first-order valence-electron chi connectivity index (χ1n) is 9.65. The van der Waals surface area contributed by atoms with Crippen molar-refractivity contribution >= 4 is 41.5 Å². The van der Waals surface area contributed by atoms with Crippen LogP contribution in [0.25, 0.3) is 0 Å². The van der Waals surface area contributed by atoms with E-state index >= 15 is 0 Å². The second-order valence-electron chi connectivity index (χ2n) is 7.54. The molecule has 10 nitrogen and oxygen atoms in total. The van der Waals surface area contributed by atoms with Crippen LogP contribution in [0.2, 0.25) is 0 Å². The first kappa shape index (κ1) is 17.7. The highest BCUT2D eigenvalue weighted by atomic mass is 16.2. The highest BCUT2D eigenvalue weighted by Gasteiger charge is 2.48. The van der Waals surface area contributed by atoms with Gasteiger partial charge < -0.3 is 5.73 Å². The predicted octanol–water partition coefficient (Wildman–Crippen LogP) is 0.653. The van der Waals surface area contributed by atoms with Gasteiger partial charge in [0, 0.05) is 11.1 Å². The topological polar surface area (TPSA) is 139 Å². The third-order valence-electron chi connectivity index (χ3n) is 5.84. The van der Waals surface area contributed by atoms with Crippen LogP contribution in [0, 0.1) is 11.8 Å². The number of carbonyl (C=O) groups is 4. The number of rotatable bonds is 2. The molecule has 0 spiro atoms. The van der Waals surface area contributed by atoms with Crippen LogP contribution in [0.3, 0.4) is 0 Å².